The molecule has 1 atom stereocenters. The van der Waals surface area contributed by atoms with E-state index in [1.165, 1.54) is 4.68 Å². The lowest BCUT2D eigenvalue weighted by atomic mass is 9.94. The number of nitrogens with one attached hydrogen (secondary N) is 1. The molecule has 0 aromatic carbocycles. The van der Waals surface area contributed by atoms with Crippen LogP contribution >= 0.6 is 0 Å². The lowest BCUT2D eigenvalue weighted by molar-refractivity contribution is -0.137. The number of aromatic amines is 1. The molecule has 25 heavy (non-hydrogen) atoms. The highest BCUT2D eigenvalue weighted by Crippen LogP contribution is 2.29. The van der Waals surface area contributed by atoms with Crippen LogP contribution in [-0.4, -0.2) is 55.0 Å². The summed E-state index contributed by atoms with van der Waals surface area (Å²) in [7, 11) is 0. The summed E-state index contributed by atoms with van der Waals surface area (Å²) in [5.41, 5.74) is 3.61. The van der Waals surface area contributed by atoms with E-state index >= 15 is 0 Å². The fraction of sp³-hybridized carbons (Fsp3) is 0.529. The maximum absolute atomic E-state index is 12.9. The highest BCUT2D eigenvalue weighted by molar-refractivity contribution is 5.94. The summed E-state index contributed by atoms with van der Waals surface area (Å²) >= 11 is 0. The number of aryl methyl sites for hydroxylation is 1. The van der Waals surface area contributed by atoms with Gasteiger partial charge in [0.2, 0.25) is 0 Å². The molecule has 2 aromatic heterocycles. The second-order valence-electron chi connectivity index (χ2n) is 6.78. The molecule has 0 unspecified atom stereocenters. The Labute approximate surface area is 144 Å². The summed E-state index contributed by atoms with van der Waals surface area (Å²) in [6.45, 7) is 1.13. The number of carboxylic acid groups (broad SMARTS) is 1. The van der Waals surface area contributed by atoms with Crippen molar-refractivity contribution in [1.29, 1.82) is 0 Å². The first-order valence-corrected chi connectivity index (χ1v) is 8.72. The second-order valence-corrected chi connectivity index (χ2v) is 6.78. The number of H-pyrrole nitrogens is 1. The molecule has 2 aliphatic rings. The summed E-state index contributed by atoms with van der Waals surface area (Å²) in [5, 5.41) is 20.4. The number of likely N-dealkylation sites (tertiary alicyclic amines) is 1. The molecular formula is C17H21N5O3. The highest BCUT2D eigenvalue weighted by Gasteiger charge is 2.31. The first-order valence-electron chi connectivity index (χ1n) is 8.72. The highest BCUT2D eigenvalue weighted by atomic mass is 16.4. The molecule has 0 saturated carbocycles. The van der Waals surface area contributed by atoms with Crippen molar-refractivity contribution in [2.24, 2.45) is 0 Å². The van der Waals surface area contributed by atoms with Crippen LogP contribution in [0.25, 0.3) is 0 Å². The zero-order valence-electron chi connectivity index (χ0n) is 13.9. The van der Waals surface area contributed by atoms with Gasteiger partial charge < -0.3 is 10.0 Å². The van der Waals surface area contributed by atoms with Crippen molar-refractivity contribution in [2.45, 2.75) is 44.6 Å². The molecule has 132 valence electrons. The Kier molecular flexibility index (Phi) is 4.03. The van der Waals surface area contributed by atoms with Gasteiger partial charge in [-0.1, -0.05) is 0 Å². The zero-order valence-corrected chi connectivity index (χ0v) is 13.9. The van der Waals surface area contributed by atoms with Crippen LogP contribution in [-0.2, 0) is 24.2 Å². The smallest absolute Gasteiger partial charge is 0.325 e. The van der Waals surface area contributed by atoms with Gasteiger partial charge in [-0.25, -0.2) is 0 Å². The van der Waals surface area contributed by atoms with Gasteiger partial charge >= 0.3 is 5.97 Å². The monoisotopic (exact) mass is 343 g/mol. The fourth-order valence-electron chi connectivity index (χ4n) is 4.00. The van der Waals surface area contributed by atoms with Crippen LogP contribution in [0.15, 0.2) is 12.3 Å². The third kappa shape index (κ3) is 2.92. The molecule has 2 aromatic rings. The normalized spacial score (nSPS) is 19.8. The molecule has 1 amide bonds. The predicted octanol–water partition coefficient (Wildman–Crippen LogP) is 1.20. The number of aromatic nitrogens is 4. The van der Waals surface area contributed by atoms with Gasteiger partial charge in [-0.2, -0.15) is 10.2 Å². The summed E-state index contributed by atoms with van der Waals surface area (Å²) in [5.74, 6) is -0.833. The Morgan fingerprint density at radius 2 is 2.20 bits per heavy atom. The number of hydrogen-bond donors (Lipinski definition) is 2. The lowest BCUT2D eigenvalue weighted by Gasteiger charge is -2.32. The van der Waals surface area contributed by atoms with Gasteiger partial charge in [-0.15, -0.1) is 0 Å². The molecule has 0 radical (unpaired) electrons. The number of rotatable bonds is 4. The number of carboxylic acids is 1. The van der Waals surface area contributed by atoms with Gasteiger partial charge in [0.15, 0.2) is 5.69 Å². The van der Waals surface area contributed by atoms with Crippen molar-refractivity contribution in [2.75, 3.05) is 13.1 Å². The van der Waals surface area contributed by atoms with Crippen LogP contribution in [0.5, 0.6) is 0 Å². The van der Waals surface area contributed by atoms with Gasteiger partial charge in [-0.05, 0) is 38.2 Å². The zero-order chi connectivity index (χ0) is 17.4. The average Bonchev–Trinajstić information content (AvgIpc) is 3.30. The molecule has 0 spiro atoms. The third-order valence-corrected chi connectivity index (χ3v) is 5.17. The number of piperidine rings is 1. The van der Waals surface area contributed by atoms with Gasteiger partial charge in [0.05, 0.1) is 0 Å². The Morgan fingerprint density at radius 3 is 3.04 bits per heavy atom. The minimum absolute atomic E-state index is 0.0200. The van der Waals surface area contributed by atoms with Crippen molar-refractivity contribution in [3.8, 4) is 0 Å². The molecule has 0 bridgehead atoms. The Bertz CT molecular complexity index is 809. The molecule has 2 N–H and O–H groups in total. The SMILES string of the molecule is O=C(O)Cn1nccc1[C@H]1CCCN(C(=O)c2n[nH]c3c2CCC3)C1. The lowest BCUT2D eigenvalue weighted by Crippen LogP contribution is -2.40. The number of carbonyl (C=O) groups is 2. The molecule has 1 aliphatic heterocycles. The van der Waals surface area contributed by atoms with Crippen molar-refractivity contribution in [1.82, 2.24) is 24.9 Å². The fourth-order valence-corrected chi connectivity index (χ4v) is 4.00. The summed E-state index contributed by atoms with van der Waals surface area (Å²) < 4.78 is 1.52. The molecule has 3 heterocycles. The molecular weight excluding hydrogens is 322 g/mol. The largest absolute Gasteiger partial charge is 0.480 e. The number of nitrogens with zero attached hydrogens (tertiary/aromatic N) is 4. The first kappa shape index (κ1) is 15.9. The molecule has 1 aliphatic carbocycles. The van der Waals surface area contributed by atoms with E-state index < -0.39 is 5.97 Å². The van der Waals surface area contributed by atoms with Crippen molar-refractivity contribution in [3.63, 3.8) is 0 Å². The molecule has 1 saturated heterocycles. The summed E-state index contributed by atoms with van der Waals surface area (Å²) in [6.07, 6.45) is 6.39. The predicted molar refractivity (Wildman–Crippen MR) is 88.4 cm³/mol. The van der Waals surface area contributed by atoms with E-state index in [1.54, 1.807) is 6.20 Å². The number of aliphatic carboxylic acids is 1. The second kappa shape index (κ2) is 6.34. The van der Waals surface area contributed by atoms with E-state index in [1.807, 2.05) is 11.0 Å². The van der Waals surface area contributed by atoms with Crippen LogP contribution < -0.4 is 0 Å². The maximum Gasteiger partial charge on any atom is 0.325 e. The standard InChI is InChI=1S/C17H21N5O3/c23-15(24)10-22-14(6-7-18-22)11-3-2-8-21(9-11)17(25)16-12-4-1-5-13(12)19-20-16/h6-7,11H,1-5,8-10H2,(H,19,20)(H,23,24)/t11-/m0/s1. The Morgan fingerprint density at radius 1 is 1.32 bits per heavy atom. The van der Waals surface area contributed by atoms with E-state index in [4.69, 9.17) is 5.11 Å². The van der Waals surface area contributed by atoms with Crippen LogP contribution in [0.1, 0.15) is 52.6 Å². The quantitative estimate of drug-likeness (QED) is 0.868. The topological polar surface area (TPSA) is 104 Å². The molecule has 4 rings (SSSR count). The van der Waals surface area contributed by atoms with Crippen LogP contribution in [0, 0.1) is 0 Å². The number of fused-ring (bicyclic) bond motifs is 1. The van der Waals surface area contributed by atoms with Crippen molar-refractivity contribution >= 4 is 11.9 Å². The van der Waals surface area contributed by atoms with Crippen molar-refractivity contribution < 1.29 is 14.7 Å². The summed E-state index contributed by atoms with van der Waals surface area (Å²) in [6, 6.07) is 1.85. The van der Waals surface area contributed by atoms with Gasteiger partial charge in [0, 0.05) is 42.2 Å². The van der Waals surface area contributed by atoms with E-state index in [0.29, 0.717) is 18.8 Å². The van der Waals surface area contributed by atoms with Gasteiger partial charge in [-0.3, -0.25) is 19.4 Å². The minimum Gasteiger partial charge on any atom is -0.480 e. The van der Waals surface area contributed by atoms with E-state index in [-0.39, 0.29) is 18.4 Å². The van der Waals surface area contributed by atoms with Crippen molar-refractivity contribution in [3.05, 3.63) is 34.9 Å². The molecule has 8 nitrogen and oxygen atoms in total. The van der Waals surface area contributed by atoms with E-state index in [9.17, 15) is 9.59 Å². The number of carbonyl (C=O) groups excluding carboxylic acids is 1. The maximum atomic E-state index is 12.9. The van der Waals surface area contributed by atoms with Gasteiger partial charge in [0.25, 0.3) is 5.91 Å². The number of amides is 1. The first-order chi connectivity index (χ1) is 12.1. The molecule has 8 heteroatoms. The van der Waals surface area contributed by atoms with E-state index in [0.717, 1.165) is 49.1 Å². The average molecular weight is 343 g/mol. The van der Waals surface area contributed by atoms with Crippen LogP contribution in [0.4, 0.5) is 0 Å². The van der Waals surface area contributed by atoms with Crippen LogP contribution in [0.3, 0.4) is 0 Å². The third-order valence-electron chi connectivity index (χ3n) is 5.17. The minimum atomic E-state index is -0.916. The van der Waals surface area contributed by atoms with Gasteiger partial charge in [0.1, 0.15) is 6.54 Å². The molecule has 1 fully saturated rings. The Hall–Kier alpha value is -2.64. The summed E-state index contributed by atoms with van der Waals surface area (Å²) in [4.78, 5) is 25.8. The number of hydrogen-bond acceptors (Lipinski definition) is 4. The Balaban J connectivity index is 1.52. The van der Waals surface area contributed by atoms with E-state index in [2.05, 4.69) is 15.3 Å². The van der Waals surface area contributed by atoms with Crippen LogP contribution in [0.2, 0.25) is 0 Å².